The zero-order chi connectivity index (χ0) is 25.6. The molecule has 0 atom stereocenters. The Hall–Kier alpha value is -4.02. The molecule has 3 N–H and O–H groups in total. The fourth-order valence-corrected chi connectivity index (χ4v) is 3.07. The molecular weight excluding hydrogens is 445 g/mol. The highest BCUT2D eigenvalue weighted by molar-refractivity contribution is 5.97. The lowest BCUT2D eigenvalue weighted by atomic mass is 9.97. The van der Waals surface area contributed by atoms with Crippen LogP contribution in [0.3, 0.4) is 0 Å². The maximum absolute atomic E-state index is 13.3. The molecule has 0 aliphatic carbocycles. The van der Waals surface area contributed by atoms with Gasteiger partial charge in [-0.05, 0) is 45.4 Å². The number of nitrogens with one attached hydrogen (secondary N) is 2. The minimum absolute atomic E-state index is 0.0312. The van der Waals surface area contributed by atoms with Crippen molar-refractivity contribution in [1.82, 2.24) is 25.4 Å². The number of allylic oxidation sites excluding steroid dienone is 4. The molecule has 0 bridgehead atoms. The Balaban J connectivity index is 2.32. The number of carbonyl (C=O) groups is 2. The van der Waals surface area contributed by atoms with Gasteiger partial charge in [0.25, 0.3) is 11.5 Å². The standard InChI is InChI=1S/C23H28FN5O5/c1-7-14(9-10-15(24)8-2)12-25-19(31)16-11-17(29(6)22(33)18(16)30)23(4,5)26-20(32)21-28-27-13(3)34-21/h7-11,30H,12H2,1-6H3,(H,25,31)(H,26,32)/b10-9-,14-7+,15-8+. The normalized spacial score (nSPS) is 12.8. The van der Waals surface area contributed by atoms with Crippen LogP contribution in [0.4, 0.5) is 4.39 Å². The lowest BCUT2D eigenvalue weighted by Gasteiger charge is -2.28. The molecule has 0 aromatic carbocycles. The summed E-state index contributed by atoms with van der Waals surface area (Å²) in [5.41, 5.74) is -1.41. The number of halogens is 1. The molecule has 0 saturated carbocycles. The number of hydrogen-bond acceptors (Lipinski definition) is 7. The van der Waals surface area contributed by atoms with E-state index in [1.165, 1.54) is 38.3 Å². The SMILES string of the molecule is C\C=C(F)/C=C\C(=C/C)CNC(=O)c1cc(C(C)(C)NC(=O)c2nnc(C)o2)n(C)c(=O)c1O. The first kappa shape index (κ1) is 26.2. The summed E-state index contributed by atoms with van der Waals surface area (Å²) in [5.74, 6) is -2.60. The lowest BCUT2D eigenvalue weighted by molar-refractivity contribution is 0.0871. The number of nitrogens with zero attached hydrogens (tertiary/aromatic N) is 3. The molecule has 0 spiro atoms. The van der Waals surface area contributed by atoms with E-state index in [1.54, 1.807) is 33.8 Å². The van der Waals surface area contributed by atoms with E-state index in [-0.39, 0.29) is 29.6 Å². The molecule has 2 heterocycles. The average molecular weight is 474 g/mol. The van der Waals surface area contributed by atoms with E-state index in [0.29, 0.717) is 5.57 Å². The summed E-state index contributed by atoms with van der Waals surface area (Å²) in [4.78, 5) is 37.9. The van der Waals surface area contributed by atoms with Gasteiger partial charge in [0.2, 0.25) is 5.89 Å². The molecule has 0 aliphatic heterocycles. The summed E-state index contributed by atoms with van der Waals surface area (Å²) < 4.78 is 19.6. The summed E-state index contributed by atoms with van der Waals surface area (Å²) in [6.07, 6.45) is 5.74. The van der Waals surface area contributed by atoms with Crippen LogP contribution in [0.2, 0.25) is 0 Å². The van der Waals surface area contributed by atoms with Gasteiger partial charge in [-0.2, -0.15) is 0 Å². The van der Waals surface area contributed by atoms with Gasteiger partial charge in [-0.25, -0.2) is 4.39 Å². The van der Waals surface area contributed by atoms with Crippen molar-refractivity contribution in [1.29, 1.82) is 0 Å². The van der Waals surface area contributed by atoms with Crippen molar-refractivity contribution in [3.63, 3.8) is 0 Å². The lowest BCUT2D eigenvalue weighted by Crippen LogP contribution is -2.45. The van der Waals surface area contributed by atoms with Crippen LogP contribution in [0.5, 0.6) is 5.75 Å². The van der Waals surface area contributed by atoms with Crippen molar-refractivity contribution in [2.24, 2.45) is 7.05 Å². The number of rotatable bonds is 8. The van der Waals surface area contributed by atoms with E-state index in [1.807, 2.05) is 0 Å². The zero-order valence-corrected chi connectivity index (χ0v) is 19.9. The van der Waals surface area contributed by atoms with E-state index in [0.717, 1.165) is 4.57 Å². The molecule has 2 amide bonds. The van der Waals surface area contributed by atoms with Crippen molar-refractivity contribution >= 4 is 11.8 Å². The van der Waals surface area contributed by atoms with Crippen LogP contribution in [0.25, 0.3) is 0 Å². The van der Waals surface area contributed by atoms with E-state index in [9.17, 15) is 23.9 Å². The van der Waals surface area contributed by atoms with Crippen LogP contribution < -0.4 is 16.2 Å². The van der Waals surface area contributed by atoms with Crippen LogP contribution in [0.15, 0.2) is 51.0 Å². The first-order chi connectivity index (χ1) is 15.9. The number of aromatic hydroxyl groups is 1. The monoisotopic (exact) mass is 473 g/mol. The second-order valence-corrected chi connectivity index (χ2v) is 7.91. The maximum atomic E-state index is 13.3. The second-order valence-electron chi connectivity index (χ2n) is 7.91. The Kier molecular flexibility index (Phi) is 8.28. The van der Waals surface area contributed by atoms with Gasteiger partial charge in [-0.1, -0.05) is 18.2 Å². The van der Waals surface area contributed by atoms with Crippen molar-refractivity contribution in [2.45, 2.75) is 40.2 Å². The highest BCUT2D eigenvalue weighted by Gasteiger charge is 2.31. The van der Waals surface area contributed by atoms with E-state index < -0.39 is 34.5 Å². The number of carbonyl (C=O) groups excluding carboxylic acids is 2. The van der Waals surface area contributed by atoms with Crippen LogP contribution in [0, 0.1) is 6.92 Å². The van der Waals surface area contributed by atoms with Crippen LogP contribution >= 0.6 is 0 Å². The molecule has 2 aromatic heterocycles. The Bertz CT molecular complexity index is 1240. The molecule has 182 valence electrons. The van der Waals surface area contributed by atoms with Crippen molar-refractivity contribution in [2.75, 3.05) is 6.54 Å². The number of aryl methyl sites for hydroxylation is 1. The predicted octanol–water partition coefficient (Wildman–Crippen LogP) is 2.55. The summed E-state index contributed by atoms with van der Waals surface area (Å²) in [7, 11) is 1.41. The molecule has 0 aliphatic rings. The molecule has 0 fully saturated rings. The number of pyridine rings is 1. The van der Waals surface area contributed by atoms with Crippen molar-refractivity contribution in [3.8, 4) is 5.75 Å². The fourth-order valence-electron chi connectivity index (χ4n) is 3.07. The third kappa shape index (κ3) is 6.06. The largest absolute Gasteiger partial charge is 0.502 e. The Morgan fingerprint density at radius 2 is 1.88 bits per heavy atom. The molecule has 2 aromatic rings. The Morgan fingerprint density at radius 1 is 1.21 bits per heavy atom. The number of hydrogen-bond donors (Lipinski definition) is 3. The average Bonchev–Trinajstić information content (AvgIpc) is 3.23. The third-order valence-electron chi connectivity index (χ3n) is 4.99. The summed E-state index contributed by atoms with van der Waals surface area (Å²) in [5, 5.41) is 22.9. The Labute approximate surface area is 195 Å². The third-order valence-corrected chi connectivity index (χ3v) is 4.99. The van der Waals surface area contributed by atoms with Gasteiger partial charge >= 0.3 is 11.8 Å². The van der Waals surface area contributed by atoms with Gasteiger partial charge in [-0.15, -0.1) is 10.2 Å². The topological polar surface area (TPSA) is 139 Å². The molecule has 11 heteroatoms. The molecule has 34 heavy (non-hydrogen) atoms. The summed E-state index contributed by atoms with van der Waals surface area (Å²) >= 11 is 0. The predicted molar refractivity (Wildman–Crippen MR) is 123 cm³/mol. The molecular formula is C23H28FN5O5. The van der Waals surface area contributed by atoms with Gasteiger partial charge in [-0.3, -0.25) is 14.4 Å². The molecule has 2 rings (SSSR count). The van der Waals surface area contributed by atoms with Crippen LogP contribution in [-0.4, -0.2) is 38.2 Å². The minimum Gasteiger partial charge on any atom is -0.502 e. The quantitative estimate of drug-likeness (QED) is 0.501. The molecule has 0 radical (unpaired) electrons. The molecule has 10 nitrogen and oxygen atoms in total. The van der Waals surface area contributed by atoms with E-state index >= 15 is 0 Å². The van der Waals surface area contributed by atoms with Crippen molar-refractivity contribution in [3.05, 3.63) is 75.2 Å². The molecule has 0 unspecified atom stereocenters. The smallest absolute Gasteiger partial charge is 0.309 e. The summed E-state index contributed by atoms with van der Waals surface area (Å²) in [6, 6.07) is 1.32. The maximum Gasteiger partial charge on any atom is 0.309 e. The van der Waals surface area contributed by atoms with Gasteiger partial charge in [0.05, 0.1) is 11.1 Å². The van der Waals surface area contributed by atoms with Gasteiger partial charge in [0.15, 0.2) is 5.75 Å². The van der Waals surface area contributed by atoms with Gasteiger partial charge < -0.3 is 24.7 Å². The minimum atomic E-state index is -1.17. The van der Waals surface area contributed by atoms with E-state index in [2.05, 4.69) is 20.8 Å². The van der Waals surface area contributed by atoms with Gasteiger partial charge in [0.1, 0.15) is 5.83 Å². The summed E-state index contributed by atoms with van der Waals surface area (Å²) in [6.45, 7) is 8.07. The number of amides is 2. The van der Waals surface area contributed by atoms with Gasteiger partial charge in [0, 0.05) is 26.2 Å². The van der Waals surface area contributed by atoms with Crippen LogP contribution in [0.1, 0.15) is 60.3 Å². The highest BCUT2D eigenvalue weighted by atomic mass is 19.1. The molecule has 0 saturated heterocycles. The highest BCUT2D eigenvalue weighted by Crippen LogP contribution is 2.23. The Morgan fingerprint density at radius 3 is 2.44 bits per heavy atom. The second kappa shape index (κ2) is 10.7. The first-order valence-corrected chi connectivity index (χ1v) is 10.4. The first-order valence-electron chi connectivity index (χ1n) is 10.4. The van der Waals surface area contributed by atoms with E-state index in [4.69, 9.17) is 4.42 Å². The van der Waals surface area contributed by atoms with Crippen molar-refractivity contribution < 1.29 is 23.5 Å². The van der Waals surface area contributed by atoms with Crippen LogP contribution in [-0.2, 0) is 12.6 Å². The number of aromatic nitrogens is 3. The fraction of sp³-hybridized carbons (Fsp3) is 0.348. The zero-order valence-electron chi connectivity index (χ0n) is 19.9.